The minimum absolute atomic E-state index is 0.142. The Labute approximate surface area is 89.1 Å². The summed E-state index contributed by atoms with van der Waals surface area (Å²) in [5.41, 5.74) is 0.673. The van der Waals surface area contributed by atoms with E-state index >= 15 is 0 Å². The first-order valence-corrected chi connectivity index (χ1v) is 4.98. The van der Waals surface area contributed by atoms with Gasteiger partial charge in [0, 0.05) is 6.42 Å². The molecule has 1 aromatic rings. The zero-order chi connectivity index (χ0) is 11.3. The zero-order valence-electron chi connectivity index (χ0n) is 9.00. The molecule has 0 spiro atoms. The number of carbonyl (C=O) groups excluding carboxylic acids is 1. The van der Waals surface area contributed by atoms with Crippen molar-refractivity contribution in [2.24, 2.45) is 5.92 Å². The van der Waals surface area contributed by atoms with E-state index in [0.717, 1.165) is 0 Å². The zero-order valence-corrected chi connectivity index (χ0v) is 9.00. The quantitative estimate of drug-likeness (QED) is 0.714. The number of hydrogen-bond donors (Lipinski definition) is 0. The van der Waals surface area contributed by atoms with Gasteiger partial charge in [0.05, 0.1) is 0 Å². The van der Waals surface area contributed by atoms with Crippen LogP contribution in [-0.4, -0.2) is 5.97 Å². The van der Waals surface area contributed by atoms with Crippen LogP contribution in [0.4, 0.5) is 4.39 Å². The minimum atomic E-state index is -0.313. The van der Waals surface area contributed by atoms with Gasteiger partial charge in [-0.1, -0.05) is 26.0 Å². The van der Waals surface area contributed by atoms with Gasteiger partial charge in [-0.25, -0.2) is 4.39 Å². The lowest BCUT2D eigenvalue weighted by atomic mass is 10.1. The SMILES string of the molecule is CC(C)CC(=O)OCc1cccc(F)c1. The van der Waals surface area contributed by atoms with E-state index in [9.17, 15) is 9.18 Å². The van der Waals surface area contributed by atoms with Crippen LogP contribution in [0.25, 0.3) is 0 Å². The highest BCUT2D eigenvalue weighted by atomic mass is 19.1. The van der Waals surface area contributed by atoms with Gasteiger partial charge in [-0.2, -0.15) is 0 Å². The van der Waals surface area contributed by atoms with Crippen LogP contribution in [-0.2, 0) is 16.1 Å². The summed E-state index contributed by atoms with van der Waals surface area (Å²) in [5, 5.41) is 0. The molecule has 0 aliphatic heterocycles. The second kappa shape index (κ2) is 5.49. The largest absolute Gasteiger partial charge is 0.461 e. The van der Waals surface area contributed by atoms with E-state index in [4.69, 9.17) is 4.74 Å². The van der Waals surface area contributed by atoms with E-state index in [2.05, 4.69) is 0 Å². The molecule has 0 saturated carbocycles. The molecular weight excluding hydrogens is 195 g/mol. The Kier molecular flexibility index (Phi) is 4.28. The highest BCUT2D eigenvalue weighted by molar-refractivity contribution is 5.69. The van der Waals surface area contributed by atoms with Crippen LogP contribution >= 0.6 is 0 Å². The first kappa shape index (κ1) is 11.7. The van der Waals surface area contributed by atoms with Gasteiger partial charge in [-0.15, -0.1) is 0 Å². The Morgan fingerprint density at radius 3 is 2.80 bits per heavy atom. The van der Waals surface area contributed by atoms with E-state index in [-0.39, 0.29) is 24.3 Å². The Balaban J connectivity index is 2.40. The average molecular weight is 210 g/mol. The van der Waals surface area contributed by atoms with Crippen molar-refractivity contribution < 1.29 is 13.9 Å². The van der Waals surface area contributed by atoms with Crippen molar-refractivity contribution in [3.63, 3.8) is 0 Å². The van der Waals surface area contributed by atoms with Crippen molar-refractivity contribution in [2.75, 3.05) is 0 Å². The molecule has 0 bridgehead atoms. The van der Waals surface area contributed by atoms with E-state index in [0.29, 0.717) is 12.0 Å². The highest BCUT2D eigenvalue weighted by Crippen LogP contribution is 2.07. The van der Waals surface area contributed by atoms with Gasteiger partial charge in [0.15, 0.2) is 0 Å². The molecule has 15 heavy (non-hydrogen) atoms. The number of rotatable bonds is 4. The molecule has 0 fully saturated rings. The maximum absolute atomic E-state index is 12.8. The normalized spacial score (nSPS) is 10.4. The summed E-state index contributed by atoms with van der Waals surface area (Å²) in [5.74, 6) is -0.272. The van der Waals surface area contributed by atoms with Crippen LogP contribution in [0.5, 0.6) is 0 Å². The molecule has 0 saturated heterocycles. The van der Waals surface area contributed by atoms with Crippen molar-refractivity contribution in [1.82, 2.24) is 0 Å². The molecule has 0 amide bonds. The summed E-state index contributed by atoms with van der Waals surface area (Å²) in [6.45, 7) is 4.04. The fraction of sp³-hybridized carbons (Fsp3) is 0.417. The first-order chi connectivity index (χ1) is 7.08. The Bertz CT molecular complexity index is 334. The van der Waals surface area contributed by atoms with Crippen molar-refractivity contribution in [1.29, 1.82) is 0 Å². The van der Waals surface area contributed by atoms with Crippen LogP contribution in [0.3, 0.4) is 0 Å². The maximum Gasteiger partial charge on any atom is 0.306 e. The average Bonchev–Trinajstić information content (AvgIpc) is 2.14. The maximum atomic E-state index is 12.8. The minimum Gasteiger partial charge on any atom is -0.461 e. The third kappa shape index (κ3) is 4.58. The van der Waals surface area contributed by atoms with Gasteiger partial charge < -0.3 is 4.74 Å². The number of esters is 1. The topological polar surface area (TPSA) is 26.3 Å². The number of hydrogen-bond acceptors (Lipinski definition) is 2. The first-order valence-electron chi connectivity index (χ1n) is 4.98. The summed E-state index contributed by atoms with van der Waals surface area (Å²) in [6, 6.07) is 6.05. The summed E-state index contributed by atoms with van der Waals surface area (Å²) in [4.78, 5) is 11.2. The van der Waals surface area contributed by atoms with Crippen molar-refractivity contribution >= 4 is 5.97 Å². The molecule has 82 valence electrons. The highest BCUT2D eigenvalue weighted by Gasteiger charge is 2.06. The predicted octanol–water partition coefficient (Wildman–Crippen LogP) is 2.92. The molecule has 0 atom stereocenters. The molecule has 0 heterocycles. The van der Waals surface area contributed by atoms with E-state index < -0.39 is 0 Å². The molecule has 0 N–H and O–H groups in total. The van der Waals surface area contributed by atoms with Crippen LogP contribution in [0.1, 0.15) is 25.8 Å². The van der Waals surface area contributed by atoms with E-state index in [1.807, 2.05) is 13.8 Å². The molecule has 0 aromatic heterocycles. The third-order valence-corrected chi connectivity index (χ3v) is 1.86. The lowest BCUT2D eigenvalue weighted by Gasteiger charge is -2.06. The van der Waals surface area contributed by atoms with Gasteiger partial charge in [0.25, 0.3) is 0 Å². The number of carbonyl (C=O) groups is 1. The van der Waals surface area contributed by atoms with Crippen molar-refractivity contribution in [2.45, 2.75) is 26.9 Å². The lowest BCUT2D eigenvalue weighted by Crippen LogP contribution is -2.07. The van der Waals surface area contributed by atoms with Gasteiger partial charge in [0.1, 0.15) is 12.4 Å². The standard InChI is InChI=1S/C12H15FO2/c1-9(2)6-12(14)15-8-10-4-3-5-11(13)7-10/h3-5,7,9H,6,8H2,1-2H3. The molecule has 2 nitrogen and oxygen atoms in total. The number of benzene rings is 1. The van der Waals surface area contributed by atoms with Crippen LogP contribution in [0.15, 0.2) is 24.3 Å². The smallest absolute Gasteiger partial charge is 0.306 e. The predicted molar refractivity (Wildman–Crippen MR) is 55.7 cm³/mol. The second-order valence-corrected chi connectivity index (χ2v) is 3.89. The van der Waals surface area contributed by atoms with Gasteiger partial charge in [-0.05, 0) is 23.6 Å². The third-order valence-electron chi connectivity index (χ3n) is 1.86. The molecule has 0 radical (unpaired) electrons. The summed E-state index contributed by atoms with van der Waals surface area (Å²) < 4.78 is 17.7. The number of halogens is 1. The summed E-state index contributed by atoms with van der Waals surface area (Å²) in [6.07, 6.45) is 0.398. The Morgan fingerprint density at radius 2 is 2.20 bits per heavy atom. The summed E-state index contributed by atoms with van der Waals surface area (Å²) in [7, 11) is 0. The van der Waals surface area contributed by atoms with Gasteiger partial charge >= 0.3 is 5.97 Å². The van der Waals surface area contributed by atoms with Gasteiger partial charge in [0.2, 0.25) is 0 Å². The van der Waals surface area contributed by atoms with Crippen molar-refractivity contribution in [3.8, 4) is 0 Å². The molecule has 1 rings (SSSR count). The van der Waals surface area contributed by atoms with Crippen LogP contribution < -0.4 is 0 Å². The van der Waals surface area contributed by atoms with Crippen LogP contribution in [0, 0.1) is 11.7 Å². The number of ether oxygens (including phenoxy) is 1. The molecule has 0 aliphatic rings. The molecule has 1 aromatic carbocycles. The lowest BCUT2D eigenvalue weighted by molar-refractivity contribution is -0.145. The van der Waals surface area contributed by atoms with E-state index in [1.54, 1.807) is 12.1 Å². The molecular formula is C12H15FO2. The fourth-order valence-electron chi connectivity index (χ4n) is 1.18. The fourth-order valence-corrected chi connectivity index (χ4v) is 1.18. The monoisotopic (exact) mass is 210 g/mol. The van der Waals surface area contributed by atoms with Crippen LogP contribution in [0.2, 0.25) is 0 Å². The molecule has 3 heteroatoms. The Hall–Kier alpha value is -1.38. The summed E-state index contributed by atoms with van der Waals surface area (Å²) >= 11 is 0. The van der Waals surface area contributed by atoms with Crippen molar-refractivity contribution in [3.05, 3.63) is 35.6 Å². The second-order valence-electron chi connectivity index (χ2n) is 3.89. The van der Waals surface area contributed by atoms with Gasteiger partial charge in [-0.3, -0.25) is 4.79 Å². The molecule has 0 unspecified atom stereocenters. The Morgan fingerprint density at radius 1 is 1.47 bits per heavy atom. The van der Waals surface area contributed by atoms with E-state index in [1.165, 1.54) is 12.1 Å². The molecule has 0 aliphatic carbocycles.